The number of ether oxygens (including phenoxy) is 2. The third-order valence-corrected chi connectivity index (χ3v) is 7.05. The van der Waals surface area contributed by atoms with Gasteiger partial charge in [-0.3, -0.25) is 14.3 Å². The summed E-state index contributed by atoms with van der Waals surface area (Å²) < 4.78 is 60.7. The molecular weight excluding hydrogens is 481 g/mol. The van der Waals surface area contributed by atoms with E-state index in [1.54, 1.807) is 22.7 Å². The minimum absolute atomic E-state index is 0.0177. The molecule has 0 bridgehead atoms. The first kappa shape index (κ1) is 24.8. The molecule has 5 rings (SSSR count). The maximum Gasteiger partial charge on any atom is 0.420 e. The van der Waals surface area contributed by atoms with Gasteiger partial charge in [0.1, 0.15) is 11.3 Å². The van der Waals surface area contributed by atoms with Gasteiger partial charge in [0, 0.05) is 45.7 Å². The molecule has 4 heterocycles. The molecule has 0 radical (unpaired) electrons. The number of hydrogen-bond acceptors (Lipinski definition) is 6. The smallest absolute Gasteiger partial charge is 0.420 e. The number of likely N-dealkylation sites (tertiary alicyclic amines) is 1. The zero-order valence-corrected chi connectivity index (χ0v) is 20.0. The van der Waals surface area contributed by atoms with E-state index in [9.17, 15) is 22.8 Å². The van der Waals surface area contributed by atoms with Crippen molar-refractivity contribution in [1.29, 1.82) is 0 Å². The molecule has 196 valence electrons. The van der Waals surface area contributed by atoms with Crippen molar-refractivity contribution in [2.24, 2.45) is 5.92 Å². The van der Waals surface area contributed by atoms with Crippen molar-refractivity contribution >= 4 is 11.8 Å². The van der Waals surface area contributed by atoms with Gasteiger partial charge in [-0.05, 0) is 30.7 Å². The van der Waals surface area contributed by atoms with Crippen LogP contribution in [0, 0.1) is 5.92 Å². The number of nitrogens with one attached hydrogen (secondary N) is 1. The van der Waals surface area contributed by atoms with E-state index >= 15 is 0 Å². The van der Waals surface area contributed by atoms with Gasteiger partial charge in [0.15, 0.2) is 0 Å². The van der Waals surface area contributed by atoms with Crippen molar-refractivity contribution in [3.8, 4) is 11.3 Å². The monoisotopic (exact) mass is 510 g/mol. The standard InChI is InChI=1S/C24H29F3N4O5/c1-14(32)30-6-4-15(5-7-30)11-31-12-16-2-3-18-19(21(16)29-31)20(24(25,26)27)22(36-18)23(33)28-10-17-13-34-8-9-35-17/h12,15,17H,2-11,13H2,1H3,(H,28,33)/t17-/m1/s1. The summed E-state index contributed by atoms with van der Waals surface area (Å²) in [6.07, 6.45) is -1.07. The highest BCUT2D eigenvalue weighted by molar-refractivity contribution is 5.96. The van der Waals surface area contributed by atoms with E-state index in [1.807, 2.05) is 0 Å². The van der Waals surface area contributed by atoms with E-state index in [-0.39, 0.29) is 48.4 Å². The number of piperidine rings is 1. The molecule has 0 saturated carbocycles. The number of aromatic nitrogens is 2. The Balaban J connectivity index is 1.37. The van der Waals surface area contributed by atoms with Crippen LogP contribution >= 0.6 is 0 Å². The Morgan fingerprint density at radius 2 is 1.97 bits per heavy atom. The van der Waals surface area contributed by atoms with Crippen molar-refractivity contribution in [2.45, 2.75) is 51.4 Å². The molecule has 1 aliphatic carbocycles. The first-order valence-corrected chi connectivity index (χ1v) is 12.2. The quantitative estimate of drug-likeness (QED) is 0.664. The van der Waals surface area contributed by atoms with Crippen LogP contribution in [0.4, 0.5) is 13.2 Å². The predicted octanol–water partition coefficient (Wildman–Crippen LogP) is 2.66. The maximum atomic E-state index is 14.2. The number of hydrogen-bond donors (Lipinski definition) is 1. The lowest BCUT2D eigenvalue weighted by molar-refractivity contribution is -0.138. The Labute approximate surface area is 205 Å². The number of furan rings is 1. The highest BCUT2D eigenvalue weighted by Gasteiger charge is 2.45. The lowest BCUT2D eigenvalue weighted by Crippen LogP contribution is -2.40. The average molecular weight is 511 g/mol. The van der Waals surface area contributed by atoms with Crippen molar-refractivity contribution in [3.63, 3.8) is 0 Å². The fourth-order valence-electron chi connectivity index (χ4n) is 5.17. The van der Waals surface area contributed by atoms with Gasteiger partial charge in [-0.25, -0.2) is 0 Å². The van der Waals surface area contributed by atoms with Crippen LogP contribution in [0.5, 0.6) is 0 Å². The third-order valence-electron chi connectivity index (χ3n) is 7.05. The number of aryl methyl sites for hydroxylation is 2. The Bertz CT molecular complexity index is 1130. The highest BCUT2D eigenvalue weighted by atomic mass is 19.4. The van der Waals surface area contributed by atoms with Crippen molar-refractivity contribution in [3.05, 3.63) is 28.8 Å². The van der Waals surface area contributed by atoms with Gasteiger partial charge in [0.2, 0.25) is 11.7 Å². The molecule has 0 aromatic carbocycles. The van der Waals surface area contributed by atoms with Gasteiger partial charge in [0.05, 0.1) is 37.2 Å². The second-order valence-electron chi connectivity index (χ2n) is 9.55. The van der Waals surface area contributed by atoms with Gasteiger partial charge in [-0.1, -0.05) is 0 Å². The number of alkyl halides is 3. The summed E-state index contributed by atoms with van der Waals surface area (Å²) in [6, 6.07) is 0. The van der Waals surface area contributed by atoms with Crippen LogP contribution in [0.25, 0.3) is 11.3 Å². The Kier molecular flexibility index (Phi) is 6.82. The Morgan fingerprint density at radius 1 is 1.19 bits per heavy atom. The van der Waals surface area contributed by atoms with E-state index in [2.05, 4.69) is 10.4 Å². The Hall–Kier alpha value is -2.86. The van der Waals surface area contributed by atoms with Crippen molar-refractivity contribution in [2.75, 3.05) is 39.5 Å². The molecule has 36 heavy (non-hydrogen) atoms. The molecule has 2 aromatic heterocycles. The molecule has 1 N–H and O–H groups in total. The molecule has 1 atom stereocenters. The van der Waals surface area contributed by atoms with Crippen LogP contribution < -0.4 is 5.32 Å². The molecular formula is C24H29F3N4O5. The van der Waals surface area contributed by atoms with Gasteiger partial charge in [0.25, 0.3) is 5.91 Å². The van der Waals surface area contributed by atoms with E-state index in [4.69, 9.17) is 13.9 Å². The number of rotatable bonds is 5. The summed E-state index contributed by atoms with van der Waals surface area (Å²) in [5.41, 5.74) is -0.306. The molecule has 2 fully saturated rings. The number of nitrogens with zero attached hydrogens (tertiary/aromatic N) is 3. The summed E-state index contributed by atoms with van der Waals surface area (Å²) in [5.74, 6) is -1.24. The normalized spacial score (nSPS) is 20.7. The van der Waals surface area contributed by atoms with Crippen LogP contribution in [0.15, 0.2) is 10.6 Å². The highest BCUT2D eigenvalue weighted by Crippen LogP contribution is 2.46. The van der Waals surface area contributed by atoms with Gasteiger partial charge in [-0.2, -0.15) is 18.3 Å². The number of halogens is 3. The van der Waals surface area contributed by atoms with Gasteiger partial charge < -0.3 is 24.1 Å². The zero-order valence-electron chi connectivity index (χ0n) is 20.0. The number of carbonyl (C=O) groups is 2. The van der Waals surface area contributed by atoms with Crippen molar-refractivity contribution in [1.82, 2.24) is 20.0 Å². The second-order valence-corrected chi connectivity index (χ2v) is 9.55. The molecule has 2 aromatic rings. The lowest BCUT2D eigenvalue weighted by atomic mass is 9.93. The van der Waals surface area contributed by atoms with Crippen LogP contribution in [0.3, 0.4) is 0 Å². The van der Waals surface area contributed by atoms with Crippen LogP contribution in [-0.2, 0) is 39.8 Å². The molecule has 3 aliphatic rings. The molecule has 12 heteroatoms. The number of fused-ring (bicyclic) bond motifs is 3. The zero-order chi connectivity index (χ0) is 25.4. The maximum absolute atomic E-state index is 14.2. The molecule has 9 nitrogen and oxygen atoms in total. The van der Waals surface area contributed by atoms with Crippen LogP contribution in [0.1, 0.15) is 47.2 Å². The average Bonchev–Trinajstić information content (AvgIpc) is 3.44. The van der Waals surface area contributed by atoms with E-state index in [0.717, 1.165) is 12.8 Å². The topological polar surface area (TPSA) is 98.8 Å². The first-order chi connectivity index (χ1) is 17.2. The number of carbonyl (C=O) groups excluding carboxylic acids is 2. The third kappa shape index (κ3) is 5.01. The molecule has 0 spiro atoms. The van der Waals surface area contributed by atoms with E-state index < -0.39 is 29.5 Å². The summed E-state index contributed by atoms with van der Waals surface area (Å²) >= 11 is 0. The lowest BCUT2D eigenvalue weighted by Gasteiger charge is -2.31. The van der Waals surface area contributed by atoms with Gasteiger partial charge in [-0.15, -0.1) is 0 Å². The van der Waals surface area contributed by atoms with Crippen LogP contribution in [-0.4, -0.2) is 72.1 Å². The van der Waals surface area contributed by atoms with Crippen LogP contribution in [0.2, 0.25) is 0 Å². The predicted molar refractivity (Wildman–Crippen MR) is 120 cm³/mol. The first-order valence-electron chi connectivity index (χ1n) is 12.2. The van der Waals surface area contributed by atoms with E-state index in [0.29, 0.717) is 44.8 Å². The fourth-order valence-corrected chi connectivity index (χ4v) is 5.17. The second kappa shape index (κ2) is 9.89. The summed E-state index contributed by atoms with van der Waals surface area (Å²) in [7, 11) is 0. The molecule has 2 saturated heterocycles. The molecule has 0 unspecified atom stereocenters. The minimum Gasteiger partial charge on any atom is -0.455 e. The summed E-state index contributed by atoms with van der Waals surface area (Å²) in [6.45, 7) is 4.53. The van der Waals surface area contributed by atoms with Gasteiger partial charge >= 0.3 is 6.18 Å². The summed E-state index contributed by atoms with van der Waals surface area (Å²) in [5, 5.41) is 7.01. The van der Waals surface area contributed by atoms with Crippen molar-refractivity contribution < 1.29 is 36.7 Å². The Morgan fingerprint density at radius 3 is 2.64 bits per heavy atom. The van der Waals surface area contributed by atoms with E-state index in [1.165, 1.54) is 0 Å². The fraction of sp³-hybridized carbons (Fsp3) is 0.625. The summed E-state index contributed by atoms with van der Waals surface area (Å²) in [4.78, 5) is 26.1. The number of amides is 2. The molecule has 2 aliphatic heterocycles. The SMILES string of the molecule is CC(=O)N1CCC(Cn2cc3c(n2)-c2c(oc(C(=O)NC[C@@H]4COCCO4)c2C(F)(F)F)CC3)CC1. The largest absolute Gasteiger partial charge is 0.455 e. The molecule has 2 amide bonds. The minimum atomic E-state index is -4.80.